The predicted octanol–water partition coefficient (Wildman–Crippen LogP) is 3.06. The molecule has 0 aliphatic carbocycles. The lowest BCUT2D eigenvalue weighted by atomic mass is 9.95. The van der Waals surface area contributed by atoms with Crippen LogP contribution in [0.3, 0.4) is 0 Å². The summed E-state index contributed by atoms with van der Waals surface area (Å²) in [6.07, 6.45) is 2.76. The van der Waals surface area contributed by atoms with Crippen molar-refractivity contribution < 1.29 is 9.32 Å². The molecule has 0 spiro atoms. The Morgan fingerprint density at radius 3 is 3.04 bits per heavy atom. The lowest BCUT2D eigenvalue weighted by Crippen LogP contribution is -2.41. The first-order chi connectivity index (χ1) is 11.2. The highest BCUT2D eigenvalue weighted by atomic mass is 35.5. The molecule has 1 saturated heterocycles. The summed E-state index contributed by atoms with van der Waals surface area (Å²) in [6.45, 7) is 3.54. The molecule has 0 N–H and O–H groups in total. The maximum Gasteiger partial charge on any atom is 0.237 e. The highest BCUT2D eigenvalue weighted by Gasteiger charge is 2.25. The first-order valence-electron chi connectivity index (χ1n) is 7.89. The molecule has 1 aliphatic rings. The Morgan fingerprint density at radius 2 is 2.26 bits per heavy atom. The van der Waals surface area contributed by atoms with Gasteiger partial charge in [-0.2, -0.15) is 4.98 Å². The number of aromatic nitrogens is 2. The molecule has 1 aromatic carbocycles. The lowest BCUT2D eigenvalue weighted by molar-refractivity contribution is -0.130. The quantitative estimate of drug-likeness (QED) is 0.807. The van der Waals surface area contributed by atoms with Crippen molar-refractivity contribution in [3.8, 4) is 11.4 Å². The van der Waals surface area contributed by atoms with Gasteiger partial charge in [0, 0.05) is 25.1 Å². The van der Waals surface area contributed by atoms with Crippen LogP contribution in [0.1, 0.15) is 24.3 Å². The average molecular weight is 334 g/mol. The van der Waals surface area contributed by atoms with Gasteiger partial charge in [-0.05, 0) is 31.2 Å². The van der Waals surface area contributed by atoms with Gasteiger partial charge in [0.15, 0.2) is 0 Å². The Kier molecular flexibility index (Phi) is 4.96. The Labute approximate surface area is 140 Å². The molecule has 1 atom stereocenters. The molecule has 0 radical (unpaired) electrons. The highest BCUT2D eigenvalue weighted by molar-refractivity contribution is 6.27. The van der Waals surface area contributed by atoms with Gasteiger partial charge in [-0.1, -0.05) is 29.4 Å². The molecule has 3 rings (SSSR count). The third-order valence-corrected chi connectivity index (χ3v) is 4.53. The van der Waals surface area contributed by atoms with E-state index in [0.29, 0.717) is 30.6 Å². The van der Waals surface area contributed by atoms with E-state index < -0.39 is 0 Å². The van der Waals surface area contributed by atoms with E-state index in [9.17, 15) is 4.79 Å². The van der Waals surface area contributed by atoms with Crippen LogP contribution in [0.25, 0.3) is 11.4 Å². The molecule has 0 bridgehead atoms. The zero-order chi connectivity index (χ0) is 16.2. The van der Waals surface area contributed by atoms with Crippen LogP contribution in [0.4, 0.5) is 0 Å². The van der Waals surface area contributed by atoms with E-state index in [-0.39, 0.29) is 11.8 Å². The second kappa shape index (κ2) is 7.13. The van der Waals surface area contributed by atoms with E-state index in [2.05, 4.69) is 10.1 Å². The summed E-state index contributed by atoms with van der Waals surface area (Å²) in [5.74, 6) is 1.66. The fraction of sp³-hybridized carbons (Fsp3) is 0.471. The van der Waals surface area contributed by atoms with Gasteiger partial charge in [0.25, 0.3) is 0 Å². The van der Waals surface area contributed by atoms with Crippen LogP contribution < -0.4 is 0 Å². The number of rotatable bonds is 4. The predicted molar refractivity (Wildman–Crippen MR) is 88.2 cm³/mol. The second-order valence-corrected chi connectivity index (χ2v) is 6.28. The van der Waals surface area contributed by atoms with E-state index in [4.69, 9.17) is 16.1 Å². The minimum absolute atomic E-state index is 0.00231. The van der Waals surface area contributed by atoms with Crippen LogP contribution in [0.15, 0.2) is 28.8 Å². The van der Waals surface area contributed by atoms with E-state index in [1.807, 2.05) is 36.1 Å². The number of aryl methyl sites for hydroxylation is 1. The van der Waals surface area contributed by atoms with Gasteiger partial charge in [-0.25, -0.2) is 0 Å². The normalized spacial score (nSPS) is 18.2. The number of carbonyl (C=O) groups excluding carboxylic acids is 1. The summed E-state index contributed by atoms with van der Waals surface area (Å²) in [5, 5.41) is 4.10. The van der Waals surface area contributed by atoms with Crippen molar-refractivity contribution in [2.75, 3.05) is 19.0 Å². The molecule has 6 heteroatoms. The zero-order valence-corrected chi connectivity index (χ0v) is 13.9. The molecule has 5 nitrogen and oxygen atoms in total. The molecule has 1 amide bonds. The van der Waals surface area contributed by atoms with Crippen molar-refractivity contribution >= 4 is 17.5 Å². The third-order valence-electron chi connectivity index (χ3n) is 4.30. The molecule has 0 saturated carbocycles. The monoisotopic (exact) mass is 333 g/mol. The van der Waals surface area contributed by atoms with Gasteiger partial charge in [-0.3, -0.25) is 4.79 Å². The molecule has 1 aromatic heterocycles. The Morgan fingerprint density at radius 1 is 1.43 bits per heavy atom. The molecule has 2 heterocycles. The molecule has 1 fully saturated rings. The Hall–Kier alpha value is -1.88. The topological polar surface area (TPSA) is 59.2 Å². The molecule has 1 unspecified atom stereocenters. The first-order valence-corrected chi connectivity index (χ1v) is 8.43. The number of alkyl halides is 1. The van der Waals surface area contributed by atoms with Gasteiger partial charge >= 0.3 is 0 Å². The van der Waals surface area contributed by atoms with E-state index >= 15 is 0 Å². The second-order valence-electron chi connectivity index (χ2n) is 6.01. The fourth-order valence-corrected chi connectivity index (χ4v) is 3.23. The van der Waals surface area contributed by atoms with Crippen LogP contribution in [0.5, 0.6) is 0 Å². The number of hydrogen-bond acceptors (Lipinski definition) is 4. The fourth-order valence-electron chi connectivity index (χ4n) is 3.06. The van der Waals surface area contributed by atoms with Crippen molar-refractivity contribution in [1.29, 1.82) is 0 Å². The number of benzene rings is 1. The molecular weight excluding hydrogens is 314 g/mol. The van der Waals surface area contributed by atoms with Crippen molar-refractivity contribution in [3.63, 3.8) is 0 Å². The van der Waals surface area contributed by atoms with Crippen LogP contribution in [0, 0.1) is 12.8 Å². The van der Waals surface area contributed by atoms with E-state index in [0.717, 1.165) is 30.5 Å². The Bertz CT molecular complexity index is 686. The van der Waals surface area contributed by atoms with Crippen LogP contribution in [0.2, 0.25) is 0 Å². The van der Waals surface area contributed by atoms with Gasteiger partial charge in [0.1, 0.15) is 5.88 Å². The van der Waals surface area contributed by atoms with Gasteiger partial charge in [-0.15, -0.1) is 11.6 Å². The van der Waals surface area contributed by atoms with Crippen LogP contribution >= 0.6 is 11.6 Å². The van der Waals surface area contributed by atoms with E-state index in [1.165, 1.54) is 0 Å². The number of halogens is 1. The first kappa shape index (κ1) is 16.0. The summed E-state index contributed by atoms with van der Waals surface area (Å²) in [5.41, 5.74) is 2.11. The van der Waals surface area contributed by atoms with Crippen molar-refractivity contribution in [1.82, 2.24) is 15.0 Å². The van der Waals surface area contributed by atoms with Crippen molar-refractivity contribution in [2.24, 2.45) is 5.92 Å². The number of nitrogens with zero attached hydrogens (tertiary/aromatic N) is 3. The number of carbonyl (C=O) groups is 1. The van der Waals surface area contributed by atoms with Crippen LogP contribution in [-0.2, 0) is 11.2 Å². The smallest absolute Gasteiger partial charge is 0.237 e. The minimum Gasteiger partial charge on any atom is -0.341 e. The maximum atomic E-state index is 11.7. The largest absolute Gasteiger partial charge is 0.341 e. The number of piperidine rings is 1. The molecule has 1 aliphatic heterocycles. The van der Waals surface area contributed by atoms with Crippen LogP contribution in [-0.4, -0.2) is 39.9 Å². The lowest BCUT2D eigenvalue weighted by Gasteiger charge is -2.31. The SMILES string of the molecule is Cc1ccccc1-c1noc(CC2CCCN(C(=O)CCl)C2)n1. The highest BCUT2D eigenvalue weighted by Crippen LogP contribution is 2.23. The average Bonchev–Trinajstić information content (AvgIpc) is 3.03. The zero-order valence-electron chi connectivity index (χ0n) is 13.2. The van der Waals surface area contributed by atoms with Crippen molar-refractivity contribution in [3.05, 3.63) is 35.7 Å². The van der Waals surface area contributed by atoms with Gasteiger partial charge in [0.2, 0.25) is 17.6 Å². The summed E-state index contributed by atoms with van der Waals surface area (Å²) in [4.78, 5) is 18.1. The summed E-state index contributed by atoms with van der Waals surface area (Å²) in [7, 11) is 0. The summed E-state index contributed by atoms with van der Waals surface area (Å²) in [6, 6.07) is 7.98. The minimum atomic E-state index is 0.00231. The standard InChI is InChI=1S/C17H20ClN3O2/c1-12-5-2-3-7-14(12)17-19-15(23-20-17)9-13-6-4-8-21(11-13)16(22)10-18/h2-3,5,7,13H,4,6,8-11H2,1H3. The third kappa shape index (κ3) is 3.72. The Balaban J connectivity index is 1.67. The maximum absolute atomic E-state index is 11.7. The molecule has 122 valence electrons. The summed E-state index contributed by atoms with van der Waals surface area (Å²) >= 11 is 5.65. The van der Waals surface area contributed by atoms with E-state index in [1.54, 1.807) is 0 Å². The van der Waals surface area contributed by atoms with Gasteiger partial charge in [0.05, 0.1) is 0 Å². The number of amides is 1. The molecular formula is C17H20ClN3O2. The molecule has 2 aromatic rings. The number of hydrogen-bond donors (Lipinski definition) is 0. The summed E-state index contributed by atoms with van der Waals surface area (Å²) < 4.78 is 5.41. The molecule has 23 heavy (non-hydrogen) atoms. The number of likely N-dealkylation sites (tertiary alicyclic amines) is 1. The van der Waals surface area contributed by atoms with Gasteiger partial charge < -0.3 is 9.42 Å². The van der Waals surface area contributed by atoms with Crippen molar-refractivity contribution in [2.45, 2.75) is 26.2 Å².